The molecule has 1 saturated heterocycles. The molecule has 0 spiro atoms. The van der Waals surface area contributed by atoms with E-state index in [4.69, 9.17) is 14.6 Å². The third-order valence-corrected chi connectivity index (χ3v) is 7.78. The fraction of sp³-hybridized carbons (Fsp3) is 0.387. The number of hydrogen-bond acceptors (Lipinski definition) is 7. The van der Waals surface area contributed by atoms with Crippen LogP contribution in [0, 0.1) is 0 Å². The molecule has 1 aromatic heterocycles. The van der Waals surface area contributed by atoms with Crippen LogP contribution in [0.2, 0.25) is 0 Å². The normalized spacial score (nSPS) is 18.8. The molecule has 3 N–H and O–H groups in total. The summed E-state index contributed by atoms with van der Waals surface area (Å²) in [5, 5.41) is 22.0. The number of carboxylic acid groups (broad SMARTS) is 1. The Kier molecular flexibility index (Phi) is 11.5. The second-order valence-electron chi connectivity index (χ2n) is 9.80. The fourth-order valence-corrected chi connectivity index (χ4v) is 5.34. The predicted molar refractivity (Wildman–Crippen MR) is 152 cm³/mol. The third-order valence-electron chi connectivity index (χ3n) is 6.71. The van der Waals surface area contributed by atoms with Crippen LogP contribution in [0.15, 0.2) is 78.0 Å². The second-order valence-corrected chi connectivity index (χ2v) is 10.8. The molecule has 1 aliphatic rings. The molecule has 2 aromatic carbocycles. The standard InChI is InChI=1S/C31H36N2O6S/c34-20-23-11-13-24(14-12-23)27-18-26(21-40-29-7-4-5-17-32-29)38-31(39-27)25-15-9-22(10-16-25)19-33-28(35)6-2-1-3-8-30(36)37/h4-5,7,9-17,26-27,31,34H,1-3,6,8,18-21H2,(H,33,35)(H,36,37). The minimum atomic E-state index is -0.803. The van der Waals surface area contributed by atoms with Crippen molar-refractivity contribution in [3.05, 3.63) is 95.2 Å². The van der Waals surface area contributed by atoms with Gasteiger partial charge in [-0.1, -0.05) is 61.0 Å². The van der Waals surface area contributed by atoms with Crippen LogP contribution in [0.5, 0.6) is 0 Å². The van der Waals surface area contributed by atoms with Crippen LogP contribution in [0.3, 0.4) is 0 Å². The van der Waals surface area contributed by atoms with Gasteiger partial charge in [0.05, 0.1) is 23.8 Å². The number of carboxylic acids is 1. The third kappa shape index (κ3) is 9.45. The van der Waals surface area contributed by atoms with Crippen LogP contribution < -0.4 is 5.32 Å². The van der Waals surface area contributed by atoms with Crippen LogP contribution in [0.4, 0.5) is 0 Å². The van der Waals surface area contributed by atoms with Crippen molar-refractivity contribution in [1.82, 2.24) is 10.3 Å². The number of nitrogens with zero attached hydrogens (tertiary/aromatic N) is 1. The highest BCUT2D eigenvalue weighted by Crippen LogP contribution is 2.39. The number of aliphatic carboxylic acids is 1. The van der Waals surface area contributed by atoms with Gasteiger partial charge in [-0.25, -0.2) is 4.98 Å². The summed E-state index contributed by atoms with van der Waals surface area (Å²) < 4.78 is 12.8. The van der Waals surface area contributed by atoms with Crippen molar-refractivity contribution in [2.45, 2.75) is 75.2 Å². The monoisotopic (exact) mass is 564 g/mol. The molecule has 0 saturated carbocycles. The van der Waals surface area contributed by atoms with Crippen molar-refractivity contribution >= 4 is 23.6 Å². The van der Waals surface area contributed by atoms with Crippen LogP contribution >= 0.6 is 11.8 Å². The maximum Gasteiger partial charge on any atom is 0.303 e. The summed E-state index contributed by atoms with van der Waals surface area (Å²) in [6.07, 6.45) is 4.26. The number of unbranched alkanes of at least 4 members (excludes halogenated alkanes) is 2. The van der Waals surface area contributed by atoms with Gasteiger partial charge in [0.2, 0.25) is 5.91 Å². The number of aliphatic hydroxyl groups excluding tert-OH is 1. The average molecular weight is 565 g/mol. The van der Waals surface area contributed by atoms with E-state index in [1.165, 1.54) is 0 Å². The molecule has 3 unspecified atom stereocenters. The van der Waals surface area contributed by atoms with Gasteiger partial charge in [0, 0.05) is 43.3 Å². The first-order chi connectivity index (χ1) is 19.5. The first-order valence-electron chi connectivity index (χ1n) is 13.6. The summed E-state index contributed by atoms with van der Waals surface area (Å²) in [7, 11) is 0. The highest BCUT2D eigenvalue weighted by Gasteiger charge is 2.32. The van der Waals surface area contributed by atoms with E-state index in [9.17, 15) is 14.7 Å². The molecule has 0 radical (unpaired) electrons. The van der Waals surface area contributed by atoms with Crippen LogP contribution in [0.25, 0.3) is 0 Å². The zero-order valence-electron chi connectivity index (χ0n) is 22.4. The highest BCUT2D eigenvalue weighted by atomic mass is 32.2. The van der Waals surface area contributed by atoms with E-state index in [-0.39, 0.29) is 31.1 Å². The Morgan fingerprint density at radius 2 is 1.62 bits per heavy atom. The van der Waals surface area contributed by atoms with Gasteiger partial charge < -0.3 is 25.0 Å². The average Bonchev–Trinajstić information content (AvgIpc) is 2.99. The van der Waals surface area contributed by atoms with E-state index in [2.05, 4.69) is 10.3 Å². The summed E-state index contributed by atoms with van der Waals surface area (Å²) in [6, 6.07) is 21.6. The Hall–Kier alpha value is -3.24. The molecule has 2 heterocycles. The molecule has 4 rings (SSSR count). The Morgan fingerprint density at radius 3 is 2.33 bits per heavy atom. The number of aliphatic hydroxyl groups is 1. The number of carbonyl (C=O) groups is 2. The molecule has 9 heteroatoms. The Morgan fingerprint density at radius 1 is 0.900 bits per heavy atom. The van der Waals surface area contributed by atoms with Crippen molar-refractivity contribution < 1.29 is 29.3 Å². The molecular formula is C31H36N2O6S. The SMILES string of the molecule is O=C(O)CCCCCC(=O)NCc1ccc(C2OC(CSc3ccccn3)CC(c3ccc(CO)cc3)O2)cc1. The van der Waals surface area contributed by atoms with E-state index < -0.39 is 12.3 Å². The molecule has 3 atom stereocenters. The number of amides is 1. The number of rotatable bonds is 14. The highest BCUT2D eigenvalue weighted by molar-refractivity contribution is 7.99. The molecule has 40 heavy (non-hydrogen) atoms. The van der Waals surface area contributed by atoms with Gasteiger partial charge in [0.15, 0.2) is 6.29 Å². The van der Waals surface area contributed by atoms with Gasteiger partial charge in [-0.15, -0.1) is 11.8 Å². The number of nitrogens with one attached hydrogen (secondary N) is 1. The molecule has 1 fully saturated rings. The summed E-state index contributed by atoms with van der Waals surface area (Å²) >= 11 is 1.66. The number of ether oxygens (including phenoxy) is 2. The van der Waals surface area contributed by atoms with Crippen LogP contribution in [-0.2, 0) is 32.2 Å². The van der Waals surface area contributed by atoms with E-state index in [1.54, 1.807) is 18.0 Å². The number of thioether (sulfide) groups is 1. The van der Waals surface area contributed by atoms with Gasteiger partial charge in [0.25, 0.3) is 0 Å². The topological polar surface area (TPSA) is 118 Å². The summed E-state index contributed by atoms with van der Waals surface area (Å²) in [5.74, 6) is -0.104. The summed E-state index contributed by atoms with van der Waals surface area (Å²) in [4.78, 5) is 27.1. The van der Waals surface area contributed by atoms with Gasteiger partial charge in [-0.3, -0.25) is 9.59 Å². The lowest BCUT2D eigenvalue weighted by Crippen LogP contribution is -2.31. The van der Waals surface area contributed by atoms with Gasteiger partial charge in [0.1, 0.15) is 0 Å². The summed E-state index contributed by atoms with van der Waals surface area (Å²) in [5.41, 5.74) is 3.77. The van der Waals surface area contributed by atoms with Crippen molar-refractivity contribution in [2.75, 3.05) is 5.75 Å². The predicted octanol–water partition coefficient (Wildman–Crippen LogP) is 5.56. The minimum absolute atomic E-state index is 0.000472. The van der Waals surface area contributed by atoms with Crippen molar-refractivity contribution in [3.63, 3.8) is 0 Å². The lowest BCUT2D eigenvalue weighted by Gasteiger charge is -2.36. The van der Waals surface area contributed by atoms with Crippen molar-refractivity contribution in [2.24, 2.45) is 0 Å². The van der Waals surface area contributed by atoms with Crippen LogP contribution in [0.1, 0.15) is 73.2 Å². The molecule has 0 bridgehead atoms. The molecule has 0 aliphatic carbocycles. The molecular weight excluding hydrogens is 528 g/mol. The first-order valence-corrected chi connectivity index (χ1v) is 14.6. The fourth-order valence-electron chi connectivity index (χ4n) is 4.45. The summed E-state index contributed by atoms with van der Waals surface area (Å²) in [6.45, 7) is 0.421. The van der Waals surface area contributed by atoms with E-state index in [1.807, 2.05) is 66.7 Å². The van der Waals surface area contributed by atoms with Gasteiger partial charge in [-0.2, -0.15) is 0 Å². The maximum atomic E-state index is 12.2. The number of hydrogen-bond donors (Lipinski definition) is 3. The lowest BCUT2D eigenvalue weighted by molar-refractivity contribution is -0.245. The quantitative estimate of drug-likeness (QED) is 0.172. The molecule has 1 amide bonds. The maximum absolute atomic E-state index is 12.2. The molecule has 8 nitrogen and oxygen atoms in total. The number of carbonyl (C=O) groups excluding carboxylic acids is 1. The largest absolute Gasteiger partial charge is 0.481 e. The van der Waals surface area contributed by atoms with E-state index >= 15 is 0 Å². The molecule has 1 aliphatic heterocycles. The van der Waals surface area contributed by atoms with Crippen molar-refractivity contribution in [1.29, 1.82) is 0 Å². The lowest BCUT2D eigenvalue weighted by atomic mass is 10.0. The van der Waals surface area contributed by atoms with Crippen LogP contribution in [-0.4, -0.2) is 38.9 Å². The Balaban J connectivity index is 1.34. The number of aromatic nitrogens is 1. The zero-order valence-corrected chi connectivity index (χ0v) is 23.2. The van der Waals surface area contributed by atoms with Gasteiger partial charge >= 0.3 is 5.97 Å². The van der Waals surface area contributed by atoms with Crippen molar-refractivity contribution in [3.8, 4) is 0 Å². The second kappa shape index (κ2) is 15.5. The smallest absolute Gasteiger partial charge is 0.303 e. The number of benzene rings is 2. The Labute approximate surface area is 239 Å². The minimum Gasteiger partial charge on any atom is -0.481 e. The molecule has 3 aromatic rings. The van der Waals surface area contributed by atoms with E-state index in [0.29, 0.717) is 32.2 Å². The zero-order chi connectivity index (χ0) is 28.2. The van der Waals surface area contributed by atoms with E-state index in [0.717, 1.165) is 39.5 Å². The molecule has 212 valence electrons. The van der Waals surface area contributed by atoms with Gasteiger partial charge in [-0.05, 0) is 41.7 Å². The first kappa shape index (κ1) is 29.7. The Bertz CT molecular complexity index is 1210. The number of pyridine rings is 1.